The van der Waals surface area contributed by atoms with Crippen LogP contribution in [0.15, 0.2) is 42.7 Å². The summed E-state index contributed by atoms with van der Waals surface area (Å²) in [6.45, 7) is 2.30. The number of anilines is 1. The highest BCUT2D eigenvalue weighted by Crippen LogP contribution is 2.30. The number of pyridine rings is 1. The predicted octanol–water partition coefficient (Wildman–Crippen LogP) is 1.97. The fourth-order valence-corrected chi connectivity index (χ4v) is 2.39. The maximum absolute atomic E-state index is 12.0. The van der Waals surface area contributed by atoms with Crippen molar-refractivity contribution in [1.29, 1.82) is 0 Å². The average molecular weight is 326 g/mol. The van der Waals surface area contributed by atoms with Gasteiger partial charge in [0.05, 0.1) is 11.7 Å². The maximum atomic E-state index is 12.0. The van der Waals surface area contributed by atoms with E-state index < -0.39 is 0 Å². The van der Waals surface area contributed by atoms with Crippen LogP contribution in [0.25, 0.3) is 0 Å². The van der Waals surface area contributed by atoms with Gasteiger partial charge in [-0.1, -0.05) is 12.1 Å². The summed E-state index contributed by atoms with van der Waals surface area (Å²) in [6.07, 6.45) is 3.39. The van der Waals surface area contributed by atoms with Crippen LogP contribution in [0.2, 0.25) is 0 Å². The van der Waals surface area contributed by atoms with Crippen molar-refractivity contribution in [3.63, 3.8) is 0 Å². The lowest BCUT2D eigenvalue weighted by molar-refractivity contribution is -0.118. The van der Waals surface area contributed by atoms with Crippen LogP contribution in [-0.4, -0.2) is 23.5 Å². The van der Waals surface area contributed by atoms with Crippen molar-refractivity contribution in [3.05, 3.63) is 53.9 Å². The Bertz CT molecular complexity index is 749. The van der Waals surface area contributed by atoms with E-state index >= 15 is 0 Å². The zero-order valence-corrected chi connectivity index (χ0v) is 13.2. The fourth-order valence-electron chi connectivity index (χ4n) is 2.39. The van der Waals surface area contributed by atoms with Gasteiger partial charge in [0.25, 0.3) is 5.91 Å². The Morgan fingerprint density at radius 1 is 1.42 bits per heavy atom. The van der Waals surface area contributed by atoms with Gasteiger partial charge in [-0.25, -0.2) is 4.79 Å². The Morgan fingerprint density at radius 3 is 3.08 bits per heavy atom. The first-order chi connectivity index (χ1) is 11.6. The second-order valence-corrected chi connectivity index (χ2v) is 5.50. The van der Waals surface area contributed by atoms with E-state index in [1.165, 1.54) is 0 Å². The third-order valence-corrected chi connectivity index (χ3v) is 3.66. The number of ether oxygens (including phenoxy) is 1. The van der Waals surface area contributed by atoms with Crippen molar-refractivity contribution in [1.82, 2.24) is 15.6 Å². The van der Waals surface area contributed by atoms with E-state index in [1.807, 2.05) is 25.1 Å². The van der Waals surface area contributed by atoms with Crippen molar-refractivity contribution in [2.45, 2.75) is 19.5 Å². The molecule has 0 radical (unpaired) electrons. The summed E-state index contributed by atoms with van der Waals surface area (Å²) in [4.78, 5) is 27.4. The summed E-state index contributed by atoms with van der Waals surface area (Å²) in [5.41, 5.74) is 2.41. The first kappa shape index (κ1) is 15.8. The van der Waals surface area contributed by atoms with Gasteiger partial charge in [-0.15, -0.1) is 0 Å². The first-order valence-electron chi connectivity index (χ1n) is 7.61. The minimum absolute atomic E-state index is 0.0247. The number of rotatable bonds is 4. The van der Waals surface area contributed by atoms with E-state index in [0.717, 1.165) is 11.1 Å². The molecule has 3 amide bonds. The van der Waals surface area contributed by atoms with Gasteiger partial charge in [0.15, 0.2) is 6.61 Å². The third-order valence-electron chi connectivity index (χ3n) is 3.66. The summed E-state index contributed by atoms with van der Waals surface area (Å²) >= 11 is 0. The van der Waals surface area contributed by atoms with Crippen LogP contribution in [-0.2, 0) is 11.3 Å². The molecule has 7 heteroatoms. The van der Waals surface area contributed by atoms with Gasteiger partial charge in [0.1, 0.15) is 5.75 Å². The Morgan fingerprint density at radius 2 is 2.29 bits per heavy atom. The number of hydrogen-bond donors (Lipinski definition) is 3. The number of amides is 3. The number of nitrogens with one attached hydrogen (secondary N) is 3. The standard InChI is InChI=1S/C17H18N4O3/c1-11(20-17(23)19-9-12-3-2-6-18-8-12)13-4-5-15-14(7-13)21-16(22)10-24-15/h2-8,11H,9-10H2,1H3,(H,21,22)(H2,19,20,23). The second-order valence-electron chi connectivity index (χ2n) is 5.50. The smallest absolute Gasteiger partial charge is 0.315 e. The lowest BCUT2D eigenvalue weighted by Gasteiger charge is -2.21. The van der Waals surface area contributed by atoms with Gasteiger partial charge >= 0.3 is 6.03 Å². The average Bonchev–Trinajstić information content (AvgIpc) is 2.60. The number of carbonyl (C=O) groups excluding carboxylic acids is 2. The molecule has 0 bridgehead atoms. The van der Waals surface area contributed by atoms with Gasteiger partial charge in [-0.2, -0.15) is 0 Å². The van der Waals surface area contributed by atoms with Crippen molar-refractivity contribution < 1.29 is 14.3 Å². The number of carbonyl (C=O) groups is 2. The Labute approximate surface area is 139 Å². The molecule has 1 aromatic heterocycles. The molecule has 1 atom stereocenters. The molecule has 0 saturated carbocycles. The largest absolute Gasteiger partial charge is 0.482 e. The van der Waals surface area contributed by atoms with Crippen LogP contribution in [0.4, 0.5) is 10.5 Å². The summed E-state index contributed by atoms with van der Waals surface area (Å²) in [7, 11) is 0. The SMILES string of the molecule is CC(NC(=O)NCc1cccnc1)c1ccc2c(c1)NC(=O)CO2. The molecular formula is C17H18N4O3. The molecule has 3 rings (SSSR count). The summed E-state index contributed by atoms with van der Waals surface area (Å²) in [6, 6.07) is 8.67. The predicted molar refractivity (Wildman–Crippen MR) is 88.6 cm³/mol. The zero-order chi connectivity index (χ0) is 16.9. The summed E-state index contributed by atoms with van der Waals surface area (Å²) in [5, 5.41) is 8.40. The fraction of sp³-hybridized carbons (Fsp3) is 0.235. The van der Waals surface area contributed by atoms with Crippen LogP contribution in [0.5, 0.6) is 5.75 Å². The number of aromatic nitrogens is 1. The number of hydrogen-bond acceptors (Lipinski definition) is 4. The van der Waals surface area contributed by atoms with Gasteiger partial charge in [-0.3, -0.25) is 9.78 Å². The van der Waals surface area contributed by atoms with Crippen LogP contribution in [0.1, 0.15) is 24.1 Å². The van der Waals surface area contributed by atoms with E-state index in [2.05, 4.69) is 20.9 Å². The summed E-state index contributed by atoms with van der Waals surface area (Å²) < 4.78 is 5.32. The molecule has 1 aliphatic rings. The molecule has 0 saturated heterocycles. The molecule has 0 fully saturated rings. The molecule has 2 aromatic rings. The lowest BCUT2D eigenvalue weighted by Crippen LogP contribution is -2.36. The van der Waals surface area contributed by atoms with Gasteiger partial charge in [-0.05, 0) is 36.2 Å². The van der Waals surface area contributed by atoms with Crippen LogP contribution in [0.3, 0.4) is 0 Å². The van der Waals surface area contributed by atoms with Crippen LogP contribution < -0.4 is 20.7 Å². The highest BCUT2D eigenvalue weighted by Gasteiger charge is 2.18. The van der Waals surface area contributed by atoms with Crippen molar-refractivity contribution in [3.8, 4) is 5.75 Å². The van der Waals surface area contributed by atoms with Crippen molar-refractivity contribution in [2.24, 2.45) is 0 Å². The first-order valence-corrected chi connectivity index (χ1v) is 7.61. The van der Waals surface area contributed by atoms with Crippen LogP contribution >= 0.6 is 0 Å². The van der Waals surface area contributed by atoms with Crippen molar-refractivity contribution in [2.75, 3.05) is 11.9 Å². The normalized spacial score (nSPS) is 14.0. The number of fused-ring (bicyclic) bond motifs is 1. The molecule has 7 nitrogen and oxygen atoms in total. The second kappa shape index (κ2) is 6.99. The van der Waals surface area contributed by atoms with Crippen molar-refractivity contribution >= 4 is 17.6 Å². The number of urea groups is 1. The molecule has 124 valence electrons. The van der Waals surface area contributed by atoms with E-state index in [0.29, 0.717) is 18.0 Å². The Hall–Kier alpha value is -3.09. The lowest BCUT2D eigenvalue weighted by atomic mass is 10.1. The van der Waals surface area contributed by atoms with E-state index in [1.54, 1.807) is 24.5 Å². The molecule has 0 spiro atoms. The minimum Gasteiger partial charge on any atom is -0.482 e. The quantitative estimate of drug-likeness (QED) is 0.801. The highest BCUT2D eigenvalue weighted by atomic mass is 16.5. The topological polar surface area (TPSA) is 92.4 Å². The summed E-state index contributed by atoms with van der Waals surface area (Å²) in [5.74, 6) is 0.445. The Balaban J connectivity index is 1.58. The minimum atomic E-state index is -0.274. The van der Waals surface area contributed by atoms with E-state index in [9.17, 15) is 9.59 Å². The molecule has 3 N–H and O–H groups in total. The number of benzene rings is 1. The Kier molecular flexibility index (Phi) is 4.60. The third kappa shape index (κ3) is 3.81. The monoisotopic (exact) mass is 326 g/mol. The van der Waals surface area contributed by atoms with E-state index in [4.69, 9.17) is 4.74 Å². The molecule has 24 heavy (non-hydrogen) atoms. The molecule has 1 unspecified atom stereocenters. The van der Waals surface area contributed by atoms with Gasteiger partial charge in [0.2, 0.25) is 0 Å². The van der Waals surface area contributed by atoms with Gasteiger partial charge < -0.3 is 20.7 Å². The molecular weight excluding hydrogens is 308 g/mol. The molecule has 1 aromatic carbocycles. The molecule has 2 heterocycles. The molecule has 0 aliphatic carbocycles. The van der Waals surface area contributed by atoms with Gasteiger partial charge in [0, 0.05) is 18.9 Å². The van der Waals surface area contributed by atoms with Crippen LogP contribution in [0, 0.1) is 0 Å². The maximum Gasteiger partial charge on any atom is 0.315 e. The van der Waals surface area contributed by atoms with E-state index in [-0.39, 0.29) is 24.6 Å². The zero-order valence-electron chi connectivity index (χ0n) is 13.2. The molecule has 1 aliphatic heterocycles. The highest BCUT2D eigenvalue weighted by molar-refractivity contribution is 5.95. The number of nitrogens with zero attached hydrogens (tertiary/aromatic N) is 1.